The highest BCUT2D eigenvalue weighted by Crippen LogP contribution is 2.43. The first kappa shape index (κ1) is 8.55. The molecule has 11 heavy (non-hydrogen) atoms. The van der Waals surface area contributed by atoms with E-state index in [9.17, 15) is 0 Å². The zero-order chi connectivity index (χ0) is 8.32. The van der Waals surface area contributed by atoms with Gasteiger partial charge in [0.25, 0.3) is 0 Å². The first-order valence-corrected chi connectivity index (χ1v) is 4.24. The molecule has 2 heteroatoms. The monoisotopic (exact) mass is 152 g/mol. The molecule has 0 saturated heterocycles. The van der Waals surface area contributed by atoms with Crippen molar-refractivity contribution >= 4 is 0 Å². The van der Waals surface area contributed by atoms with Gasteiger partial charge in [-0.1, -0.05) is 6.42 Å². The van der Waals surface area contributed by atoms with Crippen molar-refractivity contribution in [1.82, 2.24) is 4.90 Å². The van der Waals surface area contributed by atoms with E-state index in [0.717, 1.165) is 25.8 Å². The summed E-state index contributed by atoms with van der Waals surface area (Å²) in [5.41, 5.74) is 0.0598. The van der Waals surface area contributed by atoms with Gasteiger partial charge >= 0.3 is 0 Å². The predicted octanol–water partition coefficient (Wildman–Crippen LogP) is 1.63. The van der Waals surface area contributed by atoms with Crippen LogP contribution in [-0.4, -0.2) is 25.5 Å². The average Bonchev–Trinajstić information content (AvgIpc) is 1.86. The molecule has 0 atom stereocenters. The van der Waals surface area contributed by atoms with Gasteiger partial charge in [0.1, 0.15) is 0 Å². The van der Waals surface area contributed by atoms with E-state index in [1.165, 1.54) is 6.42 Å². The fraction of sp³-hybridized carbons (Fsp3) is 0.889. The van der Waals surface area contributed by atoms with E-state index < -0.39 is 0 Å². The second-order valence-corrected chi connectivity index (χ2v) is 3.80. The van der Waals surface area contributed by atoms with Gasteiger partial charge in [0, 0.05) is 0 Å². The Kier molecular flexibility index (Phi) is 2.51. The summed E-state index contributed by atoms with van der Waals surface area (Å²) in [7, 11) is 4.12. The second-order valence-electron chi connectivity index (χ2n) is 3.80. The third kappa shape index (κ3) is 1.94. The Morgan fingerprint density at radius 1 is 1.45 bits per heavy atom. The Bertz CT molecular complexity index is 163. The third-order valence-electron chi connectivity index (χ3n) is 2.59. The van der Waals surface area contributed by atoms with Gasteiger partial charge in [-0.2, -0.15) is 5.26 Å². The number of hydrogen-bond donors (Lipinski definition) is 0. The van der Waals surface area contributed by atoms with Gasteiger partial charge in [-0.3, -0.25) is 0 Å². The molecule has 62 valence electrons. The summed E-state index contributed by atoms with van der Waals surface area (Å²) in [6.45, 7) is 1.05. The van der Waals surface area contributed by atoms with Crippen LogP contribution >= 0.6 is 0 Å². The minimum Gasteiger partial charge on any atom is -0.309 e. The van der Waals surface area contributed by atoms with Crippen LogP contribution in [0.1, 0.15) is 25.7 Å². The Morgan fingerprint density at radius 2 is 2.09 bits per heavy atom. The van der Waals surface area contributed by atoms with E-state index in [4.69, 9.17) is 5.26 Å². The first-order chi connectivity index (χ1) is 5.18. The number of nitriles is 1. The molecule has 2 nitrogen and oxygen atoms in total. The predicted molar refractivity (Wildman–Crippen MR) is 45.1 cm³/mol. The van der Waals surface area contributed by atoms with Crippen molar-refractivity contribution in [3.05, 3.63) is 0 Å². The van der Waals surface area contributed by atoms with E-state index >= 15 is 0 Å². The van der Waals surface area contributed by atoms with Crippen molar-refractivity contribution in [2.45, 2.75) is 25.7 Å². The summed E-state index contributed by atoms with van der Waals surface area (Å²) in [5.74, 6) is 0. The molecule has 0 aromatic carbocycles. The van der Waals surface area contributed by atoms with Crippen LogP contribution in [0.2, 0.25) is 0 Å². The smallest absolute Gasteiger partial charge is 0.0690 e. The van der Waals surface area contributed by atoms with Gasteiger partial charge in [0.05, 0.1) is 11.5 Å². The van der Waals surface area contributed by atoms with Gasteiger partial charge in [0.2, 0.25) is 0 Å². The van der Waals surface area contributed by atoms with Gasteiger partial charge in [-0.05, 0) is 39.9 Å². The molecule has 0 heterocycles. The van der Waals surface area contributed by atoms with Crippen molar-refractivity contribution < 1.29 is 0 Å². The second kappa shape index (κ2) is 3.23. The number of nitrogens with zero attached hydrogens (tertiary/aromatic N) is 2. The molecule has 0 spiro atoms. The molecule has 1 saturated carbocycles. The van der Waals surface area contributed by atoms with Crippen LogP contribution in [0.4, 0.5) is 0 Å². The van der Waals surface area contributed by atoms with Crippen molar-refractivity contribution in [2.75, 3.05) is 20.6 Å². The summed E-state index contributed by atoms with van der Waals surface area (Å²) in [4.78, 5) is 2.15. The van der Waals surface area contributed by atoms with E-state index in [-0.39, 0.29) is 5.41 Å². The maximum absolute atomic E-state index is 8.88. The molecule has 0 aromatic heterocycles. The van der Waals surface area contributed by atoms with Crippen molar-refractivity contribution in [2.24, 2.45) is 5.41 Å². The zero-order valence-corrected chi connectivity index (χ0v) is 7.43. The molecule has 1 aliphatic carbocycles. The van der Waals surface area contributed by atoms with Gasteiger partial charge in [-0.25, -0.2) is 0 Å². The van der Waals surface area contributed by atoms with Crippen LogP contribution in [0.3, 0.4) is 0 Å². The highest BCUT2D eigenvalue weighted by molar-refractivity contribution is 5.04. The summed E-state index contributed by atoms with van der Waals surface area (Å²) >= 11 is 0. The fourth-order valence-electron chi connectivity index (χ4n) is 1.46. The molecule has 0 radical (unpaired) electrons. The SMILES string of the molecule is CN(C)CCC1(C#N)CCC1. The molecule has 1 fully saturated rings. The Balaban J connectivity index is 2.29. The maximum atomic E-state index is 8.88. The average molecular weight is 152 g/mol. The molecule has 1 aliphatic rings. The van der Waals surface area contributed by atoms with Gasteiger partial charge in [-0.15, -0.1) is 0 Å². The van der Waals surface area contributed by atoms with Crippen LogP contribution in [0.15, 0.2) is 0 Å². The van der Waals surface area contributed by atoms with Crippen LogP contribution in [0.25, 0.3) is 0 Å². The molecule has 0 aromatic rings. The zero-order valence-electron chi connectivity index (χ0n) is 7.43. The van der Waals surface area contributed by atoms with E-state index in [2.05, 4.69) is 25.1 Å². The van der Waals surface area contributed by atoms with Crippen LogP contribution < -0.4 is 0 Å². The van der Waals surface area contributed by atoms with E-state index in [1.807, 2.05) is 0 Å². The quantitative estimate of drug-likeness (QED) is 0.614. The lowest BCUT2D eigenvalue weighted by Gasteiger charge is -2.35. The normalized spacial score (nSPS) is 20.9. The van der Waals surface area contributed by atoms with Crippen molar-refractivity contribution in [3.8, 4) is 6.07 Å². The standard InChI is InChI=1S/C9H16N2/c1-11(2)7-6-9(8-10)4-3-5-9/h3-7H2,1-2H3. The van der Waals surface area contributed by atoms with Crippen molar-refractivity contribution in [1.29, 1.82) is 5.26 Å². The minimum absolute atomic E-state index is 0.0598. The van der Waals surface area contributed by atoms with Crippen LogP contribution in [0, 0.1) is 16.7 Å². The highest BCUT2D eigenvalue weighted by atomic mass is 15.0. The largest absolute Gasteiger partial charge is 0.309 e. The molecule has 0 amide bonds. The van der Waals surface area contributed by atoms with E-state index in [1.54, 1.807) is 0 Å². The summed E-state index contributed by atoms with van der Waals surface area (Å²) in [6, 6.07) is 2.44. The lowest BCUT2D eigenvalue weighted by atomic mass is 9.68. The summed E-state index contributed by atoms with van der Waals surface area (Å²) in [5, 5.41) is 8.88. The molecule has 0 N–H and O–H groups in total. The topological polar surface area (TPSA) is 27.0 Å². The van der Waals surface area contributed by atoms with Crippen LogP contribution in [0.5, 0.6) is 0 Å². The molecule has 0 bridgehead atoms. The fourth-order valence-corrected chi connectivity index (χ4v) is 1.46. The Labute approximate surface area is 68.8 Å². The maximum Gasteiger partial charge on any atom is 0.0690 e. The Morgan fingerprint density at radius 3 is 2.36 bits per heavy atom. The van der Waals surface area contributed by atoms with Gasteiger partial charge < -0.3 is 4.90 Å². The summed E-state index contributed by atoms with van der Waals surface area (Å²) < 4.78 is 0. The highest BCUT2D eigenvalue weighted by Gasteiger charge is 2.36. The van der Waals surface area contributed by atoms with Gasteiger partial charge in [0.15, 0.2) is 0 Å². The summed E-state index contributed by atoms with van der Waals surface area (Å²) in [6.07, 6.45) is 4.55. The number of hydrogen-bond acceptors (Lipinski definition) is 2. The number of rotatable bonds is 3. The lowest BCUT2D eigenvalue weighted by Crippen LogP contribution is -2.31. The minimum atomic E-state index is 0.0598. The first-order valence-electron chi connectivity index (χ1n) is 4.24. The Hall–Kier alpha value is -0.550. The van der Waals surface area contributed by atoms with Crippen molar-refractivity contribution in [3.63, 3.8) is 0 Å². The molecule has 0 unspecified atom stereocenters. The third-order valence-corrected chi connectivity index (χ3v) is 2.59. The molecular formula is C9H16N2. The van der Waals surface area contributed by atoms with Crippen LogP contribution in [-0.2, 0) is 0 Å². The molecule has 1 rings (SSSR count). The lowest BCUT2D eigenvalue weighted by molar-refractivity contribution is 0.177. The molecule has 0 aliphatic heterocycles. The van der Waals surface area contributed by atoms with E-state index in [0.29, 0.717) is 0 Å². The molecular weight excluding hydrogens is 136 g/mol.